The van der Waals surface area contributed by atoms with Crippen LogP contribution in [0.2, 0.25) is 0 Å². The van der Waals surface area contributed by atoms with Crippen molar-refractivity contribution in [1.29, 1.82) is 0 Å². The molecule has 0 spiro atoms. The van der Waals surface area contributed by atoms with Crippen LogP contribution in [0.3, 0.4) is 0 Å². The number of aromatic nitrogens is 1. The van der Waals surface area contributed by atoms with E-state index in [4.69, 9.17) is 18.9 Å². The normalized spacial score (nSPS) is 13.4. The predicted molar refractivity (Wildman–Crippen MR) is 155 cm³/mol. The van der Waals surface area contributed by atoms with Crippen LogP contribution in [0.15, 0.2) is 66.9 Å². The van der Waals surface area contributed by atoms with Gasteiger partial charge in [-0.15, -0.1) is 0 Å². The number of carbonyl (C=O) groups excluding carboxylic acids is 3. The summed E-state index contributed by atoms with van der Waals surface area (Å²) in [7, 11) is 1.30. The maximum atomic E-state index is 13.7. The molecule has 0 bridgehead atoms. The van der Waals surface area contributed by atoms with Crippen LogP contribution in [0.1, 0.15) is 54.4 Å². The van der Waals surface area contributed by atoms with Crippen LogP contribution in [0.25, 0.3) is 0 Å². The summed E-state index contributed by atoms with van der Waals surface area (Å²) in [6.45, 7) is 6.10. The van der Waals surface area contributed by atoms with Crippen LogP contribution >= 0.6 is 0 Å². The van der Waals surface area contributed by atoms with Crippen LogP contribution in [0, 0.1) is 0 Å². The Bertz CT molecular complexity index is 1380. The lowest BCUT2D eigenvalue weighted by Crippen LogP contribution is -2.56. The van der Waals surface area contributed by atoms with Gasteiger partial charge in [0, 0.05) is 31.6 Å². The second-order valence-corrected chi connectivity index (χ2v) is 11.0. The first-order valence-corrected chi connectivity index (χ1v) is 13.8. The van der Waals surface area contributed by atoms with E-state index < -0.39 is 29.1 Å². The Morgan fingerprint density at radius 1 is 0.929 bits per heavy atom. The number of pyridine rings is 1. The first-order chi connectivity index (χ1) is 20.1. The first-order valence-electron chi connectivity index (χ1n) is 13.8. The van der Waals surface area contributed by atoms with E-state index in [0.717, 1.165) is 16.7 Å². The van der Waals surface area contributed by atoms with E-state index in [-0.39, 0.29) is 24.7 Å². The molecule has 0 aliphatic heterocycles. The highest BCUT2D eigenvalue weighted by atomic mass is 16.6. The average Bonchev–Trinajstić information content (AvgIpc) is 3.34. The van der Waals surface area contributed by atoms with Crippen molar-refractivity contribution >= 4 is 18.0 Å². The molecule has 0 saturated carbocycles. The molecule has 1 aliphatic rings. The van der Waals surface area contributed by atoms with Crippen LogP contribution < -0.4 is 20.1 Å². The van der Waals surface area contributed by atoms with Gasteiger partial charge in [0.05, 0.1) is 13.7 Å². The SMILES string of the molecule is COC(=O)C1(NC(=O)c2nccc(OCCCNC(=O)OC(C)(C)C)c2OCc2ccccc2)Cc2ccccc2C1. The number of carbonyl (C=O) groups is 3. The molecule has 2 amide bonds. The zero-order valence-electron chi connectivity index (χ0n) is 24.4. The number of hydrogen-bond acceptors (Lipinski definition) is 8. The van der Waals surface area contributed by atoms with Gasteiger partial charge in [-0.3, -0.25) is 4.79 Å². The smallest absolute Gasteiger partial charge is 0.407 e. The number of nitrogens with one attached hydrogen (secondary N) is 2. The Hall–Kier alpha value is -4.60. The molecule has 2 aromatic carbocycles. The average molecular weight is 576 g/mol. The predicted octanol–water partition coefficient (Wildman–Crippen LogP) is 4.39. The van der Waals surface area contributed by atoms with Gasteiger partial charge in [-0.1, -0.05) is 54.6 Å². The maximum absolute atomic E-state index is 13.7. The second kappa shape index (κ2) is 13.4. The van der Waals surface area contributed by atoms with Gasteiger partial charge in [-0.25, -0.2) is 14.6 Å². The third-order valence-corrected chi connectivity index (χ3v) is 6.59. The number of benzene rings is 2. The van der Waals surface area contributed by atoms with E-state index in [1.54, 1.807) is 26.8 Å². The van der Waals surface area contributed by atoms with E-state index in [1.165, 1.54) is 13.3 Å². The largest absolute Gasteiger partial charge is 0.489 e. The summed E-state index contributed by atoms with van der Waals surface area (Å²) in [5, 5.41) is 5.60. The van der Waals surface area contributed by atoms with E-state index in [0.29, 0.717) is 31.6 Å². The number of alkyl carbamates (subject to hydrolysis) is 1. The molecule has 3 aromatic rings. The Morgan fingerprint density at radius 2 is 1.60 bits per heavy atom. The first kappa shape index (κ1) is 30.4. The minimum absolute atomic E-state index is 0.0189. The van der Waals surface area contributed by atoms with Gasteiger partial charge in [-0.2, -0.15) is 0 Å². The molecule has 42 heavy (non-hydrogen) atoms. The van der Waals surface area contributed by atoms with Gasteiger partial charge in [0.15, 0.2) is 17.2 Å². The quantitative estimate of drug-likeness (QED) is 0.255. The van der Waals surface area contributed by atoms with Gasteiger partial charge in [0.25, 0.3) is 5.91 Å². The molecule has 10 nitrogen and oxygen atoms in total. The number of hydrogen-bond donors (Lipinski definition) is 2. The van der Waals surface area contributed by atoms with Crippen molar-refractivity contribution in [2.75, 3.05) is 20.3 Å². The van der Waals surface area contributed by atoms with E-state index in [9.17, 15) is 14.4 Å². The number of nitrogens with zero attached hydrogens (tertiary/aromatic N) is 1. The lowest BCUT2D eigenvalue weighted by molar-refractivity contribution is -0.147. The number of methoxy groups -OCH3 is 1. The molecular formula is C32H37N3O7. The molecule has 0 unspecified atom stereocenters. The molecule has 2 N–H and O–H groups in total. The fourth-order valence-electron chi connectivity index (χ4n) is 4.70. The number of rotatable bonds is 11. The summed E-state index contributed by atoms with van der Waals surface area (Å²) >= 11 is 0. The van der Waals surface area contributed by atoms with Gasteiger partial charge < -0.3 is 29.6 Å². The number of ether oxygens (including phenoxy) is 4. The molecule has 4 rings (SSSR count). The highest BCUT2D eigenvalue weighted by molar-refractivity contribution is 5.99. The number of amides is 2. The molecule has 222 valence electrons. The molecule has 1 aromatic heterocycles. The van der Waals surface area contributed by atoms with Crippen molar-refractivity contribution in [3.05, 3.63) is 89.2 Å². The van der Waals surface area contributed by atoms with Crippen molar-refractivity contribution in [3.63, 3.8) is 0 Å². The lowest BCUT2D eigenvalue weighted by Gasteiger charge is -2.27. The number of esters is 1. The van der Waals surface area contributed by atoms with Crippen LogP contribution in [0.4, 0.5) is 4.79 Å². The monoisotopic (exact) mass is 575 g/mol. The van der Waals surface area contributed by atoms with E-state index in [2.05, 4.69) is 15.6 Å². The molecule has 0 atom stereocenters. The summed E-state index contributed by atoms with van der Waals surface area (Å²) in [5.74, 6) is -0.670. The maximum Gasteiger partial charge on any atom is 0.407 e. The van der Waals surface area contributed by atoms with Crippen LogP contribution in [-0.2, 0) is 33.7 Å². The van der Waals surface area contributed by atoms with Gasteiger partial charge in [-0.05, 0) is 43.9 Å². The Morgan fingerprint density at radius 3 is 2.24 bits per heavy atom. The Kier molecular flexibility index (Phi) is 9.67. The zero-order valence-corrected chi connectivity index (χ0v) is 24.4. The molecule has 0 radical (unpaired) electrons. The van der Waals surface area contributed by atoms with Crippen molar-refractivity contribution in [3.8, 4) is 11.5 Å². The molecule has 0 saturated heterocycles. The highest BCUT2D eigenvalue weighted by Gasteiger charge is 2.46. The topological polar surface area (TPSA) is 125 Å². The lowest BCUT2D eigenvalue weighted by atomic mass is 9.95. The minimum Gasteiger partial charge on any atom is -0.489 e. The Balaban J connectivity index is 1.51. The van der Waals surface area contributed by atoms with Gasteiger partial charge in [0.1, 0.15) is 17.7 Å². The molecule has 0 fully saturated rings. The van der Waals surface area contributed by atoms with Crippen molar-refractivity contribution in [1.82, 2.24) is 15.6 Å². The van der Waals surface area contributed by atoms with E-state index in [1.807, 2.05) is 54.6 Å². The molecule has 10 heteroatoms. The second-order valence-electron chi connectivity index (χ2n) is 11.0. The van der Waals surface area contributed by atoms with Crippen molar-refractivity contribution < 1.29 is 33.3 Å². The van der Waals surface area contributed by atoms with Crippen molar-refractivity contribution in [2.24, 2.45) is 0 Å². The zero-order chi connectivity index (χ0) is 30.2. The minimum atomic E-state index is -1.28. The van der Waals surface area contributed by atoms with Crippen LogP contribution in [0.5, 0.6) is 11.5 Å². The van der Waals surface area contributed by atoms with Gasteiger partial charge in [0.2, 0.25) is 0 Å². The third-order valence-electron chi connectivity index (χ3n) is 6.59. The van der Waals surface area contributed by atoms with Crippen molar-refractivity contribution in [2.45, 2.75) is 57.8 Å². The molecular weight excluding hydrogens is 538 g/mol. The summed E-state index contributed by atoms with van der Waals surface area (Å²) in [5.41, 5.74) is 0.931. The summed E-state index contributed by atoms with van der Waals surface area (Å²) in [6, 6.07) is 18.8. The van der Waals surface area contributed by atoms with Gasteiger partial charge >= 0.3 is 12.1 Å². The summed E-state index contributed by atoms with van der Waals surface area (Å²) in [4.78, 5) is 43.0. The molecule has 1 heterocycles. The summed E-state index contributed by atoms with van der Waals surface area (Å²) < 4.78 is 22.5. The van der Waals surface area contributed by atoms with E-state index >= 15 is 0 Å². The fourth-order valence-corrected chi connectivity index (χ4v) is 4.70. The highest BCUT2D eigenvalue weighted by Crippen LogP contribution is 2.34. The standard InChI is InChI=1S/C32H37N3O7/c1-31(2,3)42-30(38)34-16-10-18-40-25-15-17-33-26(27(25)41-21-22-11-6-5-7-12-22)28(36)35-32(29(37)39-4)19-23-13-8-9-14-24(23)20-32/h5-9,11-15,17H,10,16,18-21H2,1-4H3,(H,34,38)(H,35,36). The number of fused-ring (bicyclic) bond motifs is 1. The molecule has 1 aliphatic carbocycles. The Labute approximate surface area is 245 Å². The summed E-state index contributed by atoms with van der Waals surface area (Å²) in [6.07, 6.45) is 2.01. The van der Waals surface area contributed by atoms with Crippen LogP contribution in [-0.4, -0.2) is 54.4 Å². The third kappa shape index (κ3) is 7.78. The fraction of sp³-hybridized carbons (Fsp3) is 0.375.